The Bertz CT molecular complexity index is 555. The Labute approximate surface area is 117 Å². The molecule has 0 aliphatic carbocycles. The summed E-state index contributed by atoms with van der Waals surface area (Å²) >= 11 is 6.06. The molecular weight excluding hydrogens is 264 g/mol. The Morgan fingerprint density at radius 3 is 2.89 bits per heavy atom. The van der Waals surface area contributed by atoms with Crippen LogP contribution in [0.25, 0.3) is 0 Å². The summed E-state index contributed by atoms with van der Waals surface area (Å²) in [6.45, 7) is 2.79. The van der Waals surface area contributed by atoms with Gasteiger partial charge in [0, 0.05) is 23.3 Å². The molecule has 0 amide bonds. The third-order valence-electron chi connectivity index (χ3n) is 3.01. The quantitative estimate of drug-likeness (QED) is 0.650. The van der Waals surface area contributed by atoms with Crippen LogP contribution in [-0.4, -0.2) is 16.9 Å². The van der Waals surface area contributed by atoms with Crippen molar-refractivity contribution < 1.29 is 4.74 Å². The third-order valence-corrected chi connectivity index (χ3v) is 3.25. The van der Waals surface area contributed by atoms with E-state index in [1.54, 1.807) is 19.4 Å². The Morgan fingerprint density at radius 1 is 1.47 bits per heavy atom. The number of hydrogen-bond donors (Lipinski definition) is 2. The lowest BCUT2D eigenvalue weighted by molar-refractivity contribution is 0.402. The maximum atomic E-state index is 6.06. The number of benzene rings is 1. The molecule has 102 valence electrons. The van der Waals surface area contributed by atoms with E-state index in [2.05, 4.69) is 10.5 Å². The van der Waals surface area contributed by atoms with E-state index in [-0.39, 0.29) is 6.04 Å². The summed E-state index contributed by atoms with van der Waals surface area (Å²) in [5.41, 5.74) is 4.64. The number of ether oxygens (including phenoxy) is 1. The molecule has 19 heavy (non-hydrogen) atoms. The zero-order valence-electron chi connectivity index (χ0n) is 10.9. The van der Waals surface area contributed by atoms with E-state index in [1.165, 1.54) is 0 Å². The van der Waals surface area contributed by atoms with E-state index in [0.717, 1.165) is 23.6 Å². The maximum Gasteiger partial charge on any atom is 0.124 e. The summed E-state index contributed by atoms with van der Waals surface area (Å²) in [4.78, 5) is 0. The van der Waals surface area contributed by atoms with Gasteiger partial charge in [0.1, 0.15) is 5.75 Å². The number of methoxy groups -OCH3 is 1. The molecule has 1 heterocycles. The minimum atomic E-state index is -0.226. The molecule has 0 aliphatic heterocycles. The van der Waals surface area contributed by atoms with E-state index >= 15 is 0 Å². The van der Waals surface area contributed by atoms with Crippen LogP contribution in [0, 0.1) is 0 Å². The minimum Gasteiger partial charge on any atom is -0.496 e. The molecule has 2 rings (SSSR count). The number of nitrogens with two attached hydrogens (primary N) is 1. The molecule has 0 spiro atoms. The molecule has 0 saturated heterocycles. The van der Waals surface area contributed by atoms with E-state index in [4.69, 9.17) is 22.2 Å². The molecule has 3 N–H and O–H groups in total. The first-order valence-electron chi connectivity index (χ1n) is 6.02. The lowest BCUT2D eigenvalue weighted by Crippen LogP contribution is -2.31. The van der Waals surface area contributed by atoms with Gasteiger partial charge in [-0.1, -0.05) is 11.6 Å². The van der Waals surface area contributed by atoms with Gasteiger partial charge in [-0.25, -0.2) is 5.43 Å². The van der Waals surface area contributed by atoms with Gasteiger partial charge < -0.3 is 4.74 Å². The first kappa shape index (κ1) is 13.9. The zero-order chi connectivity index (χ0) is 13.8. The Morgan fingerprint density at radius 2 is 2.26 bits per heavy atom. The SMILES string of the molecule is CCn1nccc1C(NN)c1cc(Cl)ccc1OC. The summed E-state index contributed by atoms with van der Waals surface area (Å²) in [5.74, 6) is 6.44. The summed E-state index contributed by atoms with van der Waals surface area (Å²) in [6, 6.07) is 7.16. The van der Waals surface area contributed by atoms with Crippen molar-refractivity contribution >= 4 is 11.6 Å². The largest absolute Gasteiger partial charge is 0.496 e. The molecule has 1 aromatic heterocycles. The van der Waals surface area contributed by atoms with Crippen molar-refractivity contribution in [1.29, 1.82) is 0 Å². The molecule has 2 aromatic rings. The van der Waals surface area contributed by atoms with E-state index in [1.807, 2.05) is 29.8 Å². The van der Waals surface area contributed by atoms with Crippen LogP contribution in [0.15, 0.2) is 30.5 Å². The van der Waals surface area contributed by atoms with Gasteiger partial charge >= 0.3 is 0 Å². The first-order valence-corrected chi connectivity index (χ1v) is 6.40. The van der Waals surface area contributed by atoms with Crippen LogP contribution < -0.4 is 16.0 Å². The molecule has 0 fully saturated rings. The topological polar surface area (TPSA) is 65.1 Å². The second kappa shape index (κ2) is 6.06. The lowest BCUT2D eigenvalue weighted by atomic mass is 10.0. The number of halogens is 1. The number of aryl methyl sites for hydroxylation is 1. The molecule has 0 aliphatic rings. The Hall–Kier alpha value is -1.56. The normalized spacial score (nSPS) is 12.4. The van der Waals surface area contributed by atoms with E-state index in [9.17, 15) is 0 Å². The molecule has 0 radical (unpaired) electrons. The Balaban J connectivity index is 2.50. The van der Waals surface area contributed by atoms with Gasteiger partial charge in [0.2, 0.25) is 0 Å². The van der Waals surface area contributed by atoms with Gasteiger partial charge in [-0.15, -0.1) is 0 Å². The van der Waals surface area contributed by atoms with Crippen molar-refractivity contribution in [3.63, 3.8) is 0 Å². The molecule has 1 aromatic carbocycles. The second-order valence-corrected chi connectivity index (χ2v) is 4.49. The van der Waals surface area contributed by atoms with Crippen molar-refractivity contribution in [2.75, 3.05) is 7.11 Å². The van der Waals surface area contributed by atoms with Gasteiger partial charge in [-0.2, -0.15) is 5.10 Å². The molecule has 6 heteroatoms. The van der Waals surface area contributed by atoms with Crippen molar-refractivity contribution in [3.8, 4) is 5.75 Å². The Kier molecular flexibility index (Phi) is 4.42. The summed E-state index contributed by atoms with van der Waals surface area (Å²) < 4.78 is 7.25. The molecule has 1 atom stereocenters. The molecule has 5 nitrogen and oxygen atoms in total. The highest BCUT2D eigenvalue weighted by atomic mass is 35.5. The van der Waals surface area contributed by atoms with Crippen LogP contribution in [0.3, 0.4) is 0 Å². The zero-order valence-corrected chi connectivity index (χ0v) is 11.7. The monoisotopic (exact) mass is 280 g/mol. The molecule has 0 saturated carbocycles. The van der Waals surface area contributed by atoms with Gasteiger partial charge in [0.05, 0.1) is 18.8 Å². The molecule has 0 bridgehead atoms. The average molecular weight is 281 g/mol. The lowest BCUT2D eigenvalue weighted by Gasteiger charge is -2.20. The fourth-order valence-corrected chi connectivity index (χ4v) is 2.30. The fourth-order valence-electron chi connectivity index (χ4n) is 2.12. The van der Waals surface area contributed by atoms with Crippen LogP contribution in [0.2, 0.25) is 5.02 Å². The maximum absolute atomic E-state index is 6.06. The fraction of sp³-hybridized carbons (Fsp3) is 0.308. The number of nitrogens with zero attached hydrogens (tertiary/aromatic N) is 2. The number of rotatable bonds is 5. The van der Waals surface area contributed by atoms with E-state index < -0.39 is 0 Å². The van der Waals surface area contributed by atoms with Gasteiger partial charge in [-0.05, 0) is 31.2 Å². The van der Waals surface area contributed by atoms with E-state index in [0.29, 0.717) is 5.02 Å². The van der Waals surface area contributed by atoms with Crippen LogP contribution in [0.1, 0.15) is 24.2 Å². The van der Waals surface area contributed by atoms with Crippen LogP contribution in [0.4, 0.5) is 0 Å². The van der Waals surface area contributed by atoms with Gasteiger partial charge in [0.25, 0.3) is 0 Å². The van der Waals surface area contributed by atoms with Crippen LogP contribution >= 0.6 is 11.6 Å². The predicted octanol–water partition coefficient (Wildman–Crippen LogP) is 2.12. The second-order valence-electron chi connectivity index (χ2n) is 4.06. The summed E-state index contributed by atoms with van der Waals surface area (Å²) in [6.07, 6.45) is 1.75. The van der Waals surface area contributed by atoms with Crippen molar-refractivity contribution in [2.24, 2.45) is 5.84 Å². The number of hydrogen-bond acceptors (Lipinski definition) is 4. The number of aromatic nitrogens is 2. The van der Waals surface area contributed by atoms with Crippen LogP contribution in [0.5, 0.6) is 5.75 Å². The minimum absolute atomic E-state index is 0.226. The standard InChI is InChI=1S/C13H17ClN4O/c1-3-18-11(6-7-16-18)13(17-15)10-8-9(14)4-5-12(10)19-2/h4-8,13,17H,3,15H2,1-2H3. The van der Waals surface area contributed by atoms with Crippen molar-refractivity contribution in [2.45, 2.75) is 19.5 Å². The average Bonchev–Trinajstić information content (AvgIpc) is 2.88. The predicted molar refractivity (Wildman–Crippen MR) is 75.1 cm³/mol. The van der Waals surface area contributed by atoms with Crippen LogP contribution in [-0.2, 0) is 6.54 Å². The molecular formula is C13H17ClN4O. The molecule has 1 unspecified atom stereocenters. The van der Waals surface area contributed by atoms with Gasteiger partial charge in [0.15, 0.2) is 0 Å². The number of nitrogens with one attached hydrogen (secondary N) is 1. The highest BCUT2D eigenvalue weighted by molar-refractivity contribution is 6.30. The summed E-state index contributed by atoms with van der Waals surface area (Å²) in [5, 5.41) is 4.89. The number of hydrazine groups is 1. The first-order chi connectivity index (χ1) is 9.21. The highest BCUT2D eigenvalue weighted by Gasteiger charge is 2.20. The summed E-state index contributed by atoms with van der Waals surface area (Å²) in [7, 11) is 1.62. The smallest absolute Gasteiger partial charge is 0.124 e. The third kappa shape index (κ3) is 2.73. The van der Waals surface area contributed by atoms with Crippen molar-refractivity contribution in [3.05, 3.63) is 46.7 Å². The van der Waals surface area contributed by atoms with Crippen molar-refractivity contribution in [1.82, 2.24) is 15.2 Å². The highest BCUT2D eigenvalue weighted by Crippen LogP contribution is 2.31. The van der Waals surface area contributed by atoms with Gasteiger partial charge in [-0.3, -0.25) is 10.5 Å².